The van der Waals surface area contributed by atoms with E-state index in [9.17, 15) is 4.39 Å². The average molecular weight is 279 g/mol. The fourth-order valence-corrected chi connectivity index (χ4v) is 2.89. The number of ether oxygens (including phenoxy) is 1. The lowest BCUT2D eigenvalue weighted by atomic mass is 10.1. The van der Waals surface area contributed by atoms with Gasteiger partial charge in [0.25, 0.3) is 0 Å². The van der Waals surface area contributed by atoms with Crippen LogP contribution < -0.4 is 10.1 Å². The van der Waals surface area contributed by atoms with Gasteiger partial charge in [0.1, 0.15) is 11.6 Å². The van der Waals surface area contributed by atoms with E-state index in [4.69, 9.17) is 4.74 Å². The summed E-state index contributed by atoms with van der Waals surface area (Å²) in [5.41, 5.74) is 0.582. The molecule has 2 rings (SSSR count). The summed E-state index contributed by atoms with van der Waals surface area (Å²) in [7, 11) is 1.56. The first kappa shape index (κ1) is 14.0. The van der Waals surface area contributed by atoms with E-state index in [2.05, 4.69) is 24.4 Å². The molecule has 1 atom stereocenters. The number of aryl methyl sites for hydroxylation is 1. The van der Waals surface area contributed by atoms with Gasteiger partial charge in [-0.2, -0.15) is 0 Å². The summed E-state index contributed by atoms with van der Waals surface area (Å²) in [5.74, 6) is 0.351. The molecule has 1 N–H and O–H groups in total. The standard InChI is InChI=1S/C15H18FNOS/c1-10-7-8-12(19-10)9-17-11(2)15-13(16)5-4-6-14(15)18-3/h4-8,11,17H,9H2,1-3H3. The van der Waals surface area contributed by atoms with Crippen LogP contribution in [-0.2, 0) is 6.54 Å². The van der Waals surface area contributed by atoms with E-state index in [0.717, 1.165) is 6.54 Å². The Morgan fingerprint density at radius 3 is 2.74 bits per heavy atom. The van der Waals surface area contributed by atoms with Crippen LogP contribution in [0.2, 0.25) is 0 Å². The van der Waals surface area contributed by atoms with Gasteiger partial charge < -0.3 is 10.1 Å². The van der Waals surface area contributed by atoms with Crippen molar-refractivity contribution in [1.29, 1.82) is 0 Å². The molecular formula is C15H18FNOS. The van der Waals surface area contributed by atoms with Gasteiger partial charge in [-0.3, -0.25) is 0 Å². The smallest absolute Gasteiger partial charge is 0.131 e. The Bertz CT molecular complexity index is 553. The Morgan fingerprint density at radius 2 is 2.11 bits per heavy atom. The molecule has 2 aromatic rings. The minimum absolute atomic E-state index is 0.0986. The van der Waals surface area contributed by atoms with Gasteiger partial charge in [-0.1, -0.05) is 6.07 Å². The van der Waals surface area contributed by atoms with Crippen LogP contribution in [0.4, 0.5) is 4.39 Å². The number of benzene rings is 1. The summed E-state index contributed by atoms with van der Waals surface area (Å²) < 4.78 is 19.1. The number of halogens is 1. The Kier molecular flexibility index (Phi) is 4.56. The lowest BCUT2D eigenvalue weighted by molar-refractivity contribution is 0.393. The van der Waals surface area contributed by atoms with Gasteiger partial charge in [0.2, 0.25) is 0 Å². The molecule has 1 unspecified atom stereocenters. The molecule has 4 heteroatoms. The van der Waals surface area contributed by atoms with Gasteiger partial charge in [0.05, 0.1) is 7.11 Å². The molecule has 0 spiro atoms. The zero-order valence-electron chi connectivity index (χ0n) is 11.4. The van der Waals surface area contributed by atoms with Crippen LogP contribution in [0.25, 0.3) is 0 Å². The molecule has 0 radical (unpaired) electrons. The third-order valence-corrected chi connectivity index (χ3v) is 4.05. The van der Waals surface area contributed by atoms with Crippen LogP contribution in [0, 0.1) is 12.7 Å². The first-order chi connectivity index (χ1) is 9.11. The summed E-state index contributed by atoms with van der Waals surface area (Å²) in [5, 5.41) is 3.33. The highest BCUT2D eigenvalue weighted by atomic mass is 32.1. The van der Waals surface area contributed by atoms with E-state index in [0.29, 0.717) is 11.3 Å². The number of hydrogen-bond donors (Lipinski definition) is 1. The topological polar surface area (TPSA) is 21.3 Å². The minimum atomic E-state index is -0.235. The first-order valence-corrected chi connectivity index (χ1v) is 7.04. The van der Waals surface area contributed by atoms with Crippen molar-refractivity contribution in [2.45, 2.75) is 26.4 Å². The largest absolute Gasteiger partial charge is 0.496 e. The number of rotatable bonds is 5. The van der Waals surface area contributed by atoms with Gasteiger partial charge in [-0.25, -0.2) is 4.39 Å². The quantitative estimate of drug-likeness (QED) is 0.891. The third kappa shape index (κ3) is 3.33. The highest BCUT2D eigenvalue weighted by Gasteiger charge is 2.16. The maximum absolute atomic E-state index is 13.9. The van der Waals surface area contributed by atoms with Crippen LogP contribution >= 0.6 is 11.3 Å². The lowest BCUT2D eigenvalue weighted by Gasteiger charge is -2.17. The Morgan fingerprint density at radius 1 is 1.32 bits per heavy atom. The predicted molar refractivity (Wildman–Crippen MR) is 77.3 cm³/mol. The molecule has 1 heterocycles. The van der Waals surface area contributed by atoms with Crippen LogP contribution in [0.3, 0.4) is 0 Å². The van der Waals surface area contributed by atoms with Crippen molar-refractivity contribution in [2.24, 2.45) is 0 Å². The predicted octanol–water partition coefficient (Wildman–Crippen LogP) is 4.06. The van der Waals surface area contributed by atoms with Crippen LogP contribution in [0.1, 0.15) is 28.3 Å². The van der Waals surface area contributed by atoms with Crippen molar-refractivity contribution in [2.75, 3.05) is 7.11 Å². The minimum Gasteiger partial charge on any atom is -0.496 e. The molecule has 19 heavy (non-hydrogen) atoms. The van der Waals surface area contributed by atoms with E-state index < -0.39 is 0 Å². The number of nitrogens with one attached hydrogen (secondary N) is 1. The zero-order valence-corrected chi connectivity index (χ0v) is 12.2. The average Bonchev–Trinajstić information content (AvgIpc) is 2.81. The van der Waals surface area contributed by atoms with Gasteiger partial charge in [0.15, 0.2) is 0 Å². The van der Waals surface area contributed by atoms with Crippen molar-refractivity contribution < 1.29 is 9.13 Å². The summed E-state index contributed by atoms with van der Waals surface area (Å²) in [6, 6.07) is 9.00. The lowest BCUT2D eigenvalue weighted by Crippen LogP contribution is -2.19. The van der Waals surface area contributed by atoms with Crippen LogP contribution in [-0.4, -0.2) is 7.11 Å². The Labute approximate surface area is 117 Å². The van der Waals surface area contributed by atoms with E-state index in [1.807, 2.05) is 6.92 Å². The molecular weight excluding hydrogens is 261 g/mol. The molecule has 0 saturated heterocycles. The van der Waals surface area contributed by atoms with Crippen LogP contribution in [0.15, 0.2) is 30.3 Å². The molecule has 0 fully saturated rings. The normalized spacial score (nSPS) is 12.4. The molecule has 0 aliphatic carbocycles. The van der Waals surface area contributed by atoms with Crippen molar-refractivity contribution in [3.63, 3.8) is 0 Å². The second-order valence-electron chi connectivity index (χ2n) is 4.47. The second kappa shape index (κ2) is 6.17. The second-order valence-corrected chi connectivity index (χ2v) is 5.84. The van der Waals surface area contributed by atoms with E-state index in [1.165, 1.54) is 15.8 Å². The fraction of sp³-hybridized carbons (Fsp3) is 0.333. The molecule has 0 amide bonds. The van der Waals surface area contributed by atoms with Crippen molar-refractivity contribution in [3.05, 3.63) is 51.5 Å². The molecule has 0 aliphatic rings. The van der Waals surface area contributed by atoms with E-state index >= 15 is 0 Å². The third-order valence-electron chi connectivity index (χ3n) is 3.04. The van der Waals surface area contributed by atoms with Crippen molar-refractivity contribution in [1.82, 2.24) is 5.32 Å². The molecule has 0 saturated carbocycles. The molecule has 0 aliphatic heterocycles. The molecule has 102 valence electrons. The van der Waals surface area contributed by atoms with Gasteiger partial charge in [0, 0.05) is 27.9 Å². The maximum atomic E-state index is 13.9. The highest BCUT2D eigenvalue weighted by Crippen LogP contribution is 2.28. The summed E-state index contributed by atoms with van der Waals surface area (Å²) in [6.45, 7) is 4.76. The van der Waals surface area contributed by atoms with Crippen LogP contribution in [0.5, 0.6) is 5.75 Å². The molecule has 0 bridgehead atoms. The van der Waals surface area contributed by atoms with Crippen molar-refractivity contribution >= 4 is 11.3 Å². The molecule has 1 aromatic carbocycles. The Hall–Kier alpha value is -1.39. The highest BCUT2D eigenvalue weighted by molar-refractivity contribution is 7.11. The van der Waals surface area contributed by atoms with Gasteiger partial charge in [-0.05, 0) is 38.1 Å². The van der Waals surface area contributed by atoms with Gasteiger partial charge >= 0.3 is 0 Å². The number of methoxy groups -OCH3 is 1. The van der Waals surface area contributed by atoms with E-state index in [1.54, 1.807) is 30.6 Å². The van der Waals surface area contributed by atoms with E-state index in [-0.39, 0.29) is 11.9 Å². The maximum Gasteiger partial charge on any atom is 0.131 e. The van der Waals surface area contributed by atoms with Crippen molar-refractivity contribution in [3.8, 4) is 5.75 Å². The molecule has 1 aromatic heterocycles. The summed E-state index contributed by atoms with van der Waals surface area (Å²) in [6.07, 6.45) is 0. The number of hydrogen-bond acceptors (Lipinski definition) is 3. The SMILES string of the molecule is COc1cccc(F)c1C(C)NCc1ccc(C)s1. The first-order valence-electron chi connectivity index (χ1n) is 6.23. The molecule has 2 nitrogen and oxygen atoms in total. The summed E-state index contributed by atoms with van der Waals surface area (Å²) >= 11 is 1.75. The Balaban J connectivity index is 2.09. The monoisotopic (exact) mass is 279 g/mol. The number of thiophene rings is 1. The zero-order chi connectivity index (χ0) is 13.8. The van der Waals surface area contributed by atoms with Gasteiger partial charge in [-0.15, -0.1) is 11.3 Å². The summed E-state index contributed by atoms with van der Waals surface area (Å²) in [4.78, 5) is 2.53. The fourth-order valence-electron chi connectivity index (χ4n) is 2.05.